The highest BCUT2D eigenvalue weighted by atomic mass is 32.1. The molecule has 2 aromatic heterocycles. The Kier molecular flexibility index (Phi) is 4.25. The second-order valence-electron chi connectivity index (χ2n) is 5.14. The van der Waals surface area contributed by atoms with E-state index in [-0.39, 0.29) is 5.97 Å². The first-order valence-corrected chi connectivity index (χ1v) is 8.22. The van der Waals surface area contributed by atoms with Crippen molar-refractivity contribution in [2.24, 2.45) is 0 Å². The average molecular weight is 327 g/mol. The van der Waals surface area contributed by atoms with Gasteiger partial charge in [-0.1, -0.05) is 12.1 Å². The molecule has 118 valence electrons. The van der Waals surface area contributed by atoms with Gasteiger partial charge in [-0.05, 0) is 38.0 Å². The second-order valence-corrected chi connectivity index (χ2v) is 6.00. The topological polar surface area (TPSA) is 64.1 Å². The number of fused-ring (bicyclic) bond motifs is 1. The summed E-state index contributed by atoms with van der Waals surface area (Å²) in [7, 11) is 0. The van der Waals surface area contributed by atoms with Crippen molar-refractivity contribution in [2.45, 2.75) is 20.8 Å². The maximum atomic E-state index is 12.1. The molecule has 1 aromatic carbocycles. The molecule has 0 spiro atoms. The molecule has 0 unspecified atom stereocenters. The van der Waals surface area contributed by atoms with Crippen molar-refractivity contribution >= 4 is 39.0 Å². The van der Waals surface area contributed by atoms with E-state index in [4.69, 9.17) is 4.74 Å². The van der Waals surface area contributed by atoms with E-state index >= 15 is 0 Å². The van der Waals surface area contributed by atoms with Gasteiger partial charge < -0.3 is 10.1 Å². The van der Waals surface area contributed by atoms with Gasteiger partial charge in [0.2, 0.25) is 0 Å². The Labute approximate surface area is 138 Å². The van der Waals surface area contributed by atoms with Gasteiger partial charge in [0.1, 0.15) is 17.0 Å². The average Bonchev–Trinajstić information content (AvgIpc) is 2.97. The molecule has 5 nitrogen and oxygen atoms in total. The number of ether oxygens (including phenoxy) is 1. The molecule has 0 aliphatic carbocycles. The van der Waals surface area contributed by atoms with Gasteiger partial charge in [-0.3, -0.25) is 0 Å². The van der Waals surface area contributed by atoms with Crippen molar-refractivity contribution in [3.8, 4) is 0 Å². The molecule has 0 bridgehead atoms. The Morgan fingerprint density at radius 3 is 2.91 bits per heavy atom. The van der Waals surface area contributed by atoms with Gasteiger partial charge in [0, 0.05) is 11.1 Å². The van der Waals surface area contributed by atoms with Gasteiger partial charge in [0.05, 0.1) is 17.6 Å². The lowest BCUT2D eigenvalue weighted by molar-refractivity contribution is 0.0529. The Balaban J connectivity index is 2.09. The third-order valence-electron chi connectivity index (χ3n) is 3.72. The van der Waals surface area contributed by atoms with E-state index in [1.807, 2.05) is 12.1 Å². The van der Waals surface area contributed by atoms with Crippen LogP contribution in [0, 0.1) is 13.8 Å². The number of benzene rings is 1. The Hall–Kier alpha value is -2.47. The van der Waals surface area contributed by atoms with E-state index in [2.05, 4.69) is 35.2 Å². The van der Waals surface area contributed by atoms with Crippen LogP contribution >= 0.6 is 11.3 Å². The standard InChI is InChI=1S/C17H17N3O2S/c1-4-22-17(21)12-8-23-16-14(12)15(18-9-19-16)20-13-7-5-6-10(2)11(13)3/h5-9H,4H2,1-3H3,(H,18,19,20). The lowest BCUT2D eigenvalue weighted by atomic mass is 10.1. The minimum Gasteiger partial charge on any atom is -0.462 e. The minimum absolute atomic E-state index is 0.337. The van der Waals surface area contributed by atoms with E-state index < -0.39 is 0 Å². The first-order valence-electron chi connectivity index (χ1n) is 7.34. The van der Waals surface area contributed by atoms with Gasteiger partial charge in [-0.15, -0.1) is 11.3 Å². The van der Waals surface area contributed by atoms with Crippen LogP contribution in [0.3, 0.4) is 0 Å². The van der Waals surface area contributed by atoms with Gasteiger partial charge in [-0.2, -0.15) is 0 Å². The van der Waals surface area contributed by atoms with Gasteiger partial charge in [0.15, 0.2) is 0 Å². The number of esters is 1. The van der Waals surface area contributed by atoms with Crippen LogP contribution < -0.4 is 5.32 Å². The van der Waals surface area contributed by atoms with E-state index in [1.54, 1.807) is 12.3 Å². The molecule has 0 radical (unpaired) electrons. The smallest absolute Gasteiger partial charge is 0.339 e. The predicted octanol–water partition coefficient (Wildman–Crippen LogP) is 4.23. The zero-order valence-electron chi connectivity index (χ0n) is 13.2. The van der Waals surface area contributed by atoms with Crippen LogP contribution in [0.5, 0.6) is 0 Å². The number of carbonyl (C=O) groups excluding carboxylic acids is 1. The van der Waals surface area contributed by atoms with Crippen molar-refractivity contribution in [3.05, 3.63) is 46.6 Å². The first-order chi connectivity index (χ1) is 11.1. The van der Waals surface area contributed by atoms with E-state index in [0.29, 0.717) is 23.4 Å². The number of aromatic nitrogens is 2. The molecule has 23 heavy (non-hydrogen) atoms. The monoisotopic (exact) mass is 327 g/mol. The van der Waals surface area contributed by atoms with Crippen molar-refractivity contribution in [1.29, 1.82) is 0 Å². The maximum Gasteiger partial charge on any atom is 0.339 e. The zero-order valence-corrected chi connectivity index (χ0v) is 14.0. The third-order valence-corrected chi connectivity index (χ3v) is 4.61. The molecule has 0 aliphatic rings. The summed E-state index contributed by atoms with van der Waals surface area (Å²) in [5, 5.41) is 5.80. The zero-order chi connectivity index (χ0) is 16.4. The highest BCUT2D eigenvalue weighted by Crippen LogP contribution is 2.32. The van der Waals surface area contributed by atoms with Gasteiger partial charge in [-0.25, -0.2) is 14.8 Å². The summed E-state index contributed by atoms with van der Waals surface area (Å²) in [4.78, 5) is 21.5. The van der Waals surface area contributed by atoms with Crippen molar-refractivity contribution in [3.63, 3.8) is 0 Å². The van der Waals surface area contributed by atoms with E-state index in [1.165, 1.54) is 23.2 Å². The highest BCUT2D eigenvalue weighted by molar-refractivity contribution is 7.17. The Morgan fingerprint density at radius 2 is 2.13 bits per heavy atom. The predicted molar refractivity (Wildman–Crippen MR) is 92.6 cm³/mol. The first kappa shape index (κ1) is 15.4. The fourth-order valence-corrected chi connectivity index (χ4v) is 3.22. The molecule has 6 heteroatoms. The van der Waals surface area contributed by atoms with Crippen LogP contribution in [0.4, 0.5) is 11.5 Å². The number of nitrogens with zero attached hydrogens (tertiary/aromatic N) is 2. The number of aryl methyl sites for hydroxylation is 1. The molecule has 0 atom stereocenters. The lowest BCUT2D eigenvalue weighted by Gasteiger charge is -2.12. The summed E-state index contributed by atoms with van der Waals surface area (Å²) < 4.78 is 5.13. The highest BCUT2D eigenvalue weighted by Gasteiger charge is 2.18. The molecule has 1 N–H and O–H groups in total. The number of hydrogen-bond acceptors (Lipinski definition) is 6. The van der Waals surface area contributed by atoms with E-state index in [9.17, 15) is 4.79 Å². The van der Waals surface area contributed by atoms with Gasteiger partial charge in [0.25, 0.3) is 0 Å². The Bertz CT molecular complexity index is 873. The normalized spacial score (nSPS) is 10.7. The number of rotatable bonds is 4. The molecule has 0 saturated carbocycles. The molecule has 0 saturated heterocycles. The van der Waals surface area contributed by atoms with Crippen molar-refractivity contribution in [1.82, 2.24) is 9.97 Å². The molecule has 0 fully saturated rings. The summed E-state index contributed by atoms with van der Waals surface area (Å²) in [5.41, 5.74) is 3.80. The van der Waals surface area contributed by atoms with Crippen LogP contribution in [0.25, 0.3) is 10.2 Å². The number of nitrogens with one attached hydrogen (secondary N) is 1. The summed E-state index contributed by atoms with van der Waals surface area (Å²) in [6, 6.07) is 6.04. The fourth-order valence-electron chi connectivity index (χ4n) is 2.34. The van der Waals surface area contributed by atoms with Crippen LogP contribution in [0.1, 0.15) is 28.4 Å². The van der Waals surface area contributed by atoms with E-state index in [0.717, 1.165) is 16.1 Å². The summed E-state index contributed by atoms with van der Waals surface area (Å²) in [5.74, 6) is 0.269. The number of anilines is 2. The number of hydrogen-bond donors (Lipinski definition) is 1. The van der Waals surface area contributed by atoms with Gasteiger partial charge >= 0.3 is 5.97 Å². The largest absolute Gasteiger partial charge is 0.462 e. The maximum absolute atomic E-state index is 12.1. The van der Waals surface area contributed by atoms with Crippen LogP contribution in [0.15, 0.2) is 29.9 Å². The van der Waals surface area contributed by atoms with Crippen LogP contribution in [0.2, 0.25) is 0 Å². The lowest BCUT2D eigenvalue weighted by Crippen LogP contribution is -2.05. The fraction of sp³-hybridized carbons (Fsp3) is 0.235. The summed E-state index contributed by atoms with van der Waals surface area (Å²) >= 11 is 1.41. The van der Waals surface area contributed by atoms with Crippen molar-refractivity contribution < 1.29 is 9.53 Å². The van der Waals surface area contributed by atoms with Crippen molar-refractivity contribution in [2.75, 3.05) is 11.9 Å². The minimum atomic E-state index is -0.349. The van der Waals surface area contributed by atoms with Crippen LogP contribution in [-0.4, -0.2) is 22.5 Å². The third kappa shape index (κ3) is 2.90. The molecule has 0 aliphatic heterocycles. The molecule has 3 rings (SSSR count). The molecular formula is C17H17N3O2S. The molecule has 2 heterocycles. The quantitative estimate of drug-likeness (QED) is 0.727. The molecule has 3 aromatic rings. The summed E-state index contributed by atoms with van der Waals surface area (Å²) in [6.45, 7) is 6.24. The molecular weight excluding hydrogens is 310 g/mol. The second kappa shape index (κ2) is 6.34. The SMILES string of the molecule is CCOC(=O)c1csc2ncnc(Nc3cccc(C)c3C)c12. The Morgan fingerprint density at radius 1 is 1.30 bits per heavy atom. The number of thiophene rings is 1. The van der Waals surface area contributed by atoms with Crippen LogP contribution in [-0.2, 0) is 4.74 Å². The number of carbonyl (C=O) groups is 1. The summed E-state index contributed by atoms with van der Waals surface area (Å²) in [6.07, 6.45) is 1.50. The molecule has 0 amide bonds.